The predicted molar refractivity (Wildman–Crippen MR) is 71.8 cm³/mol. The average molecular weight is 301 g/mol. The van der Waals surface area contributed by atoms with Crippen molar-refractivity contribution in [3.63, 3.8) is 0 Å². The summed E-state index contributed by atoms with van der Waals surface area (Å²) in [6.45, 7) is 4.31. The van der Waals surface area contributed by atoms with Crippen molar-refractivity contribution in [2.75, 3.05) is 6.54 Å². The molecule has 0 bridgehead atoms. The van der Waals surface area contributed by atoms with Gasteiger partial charge >= 0.3 is 5.97 Å². The Labute approximate surface area is 118 Å². The molecule has 7 nitrogen and oxygen atoms in total. The second kappa shape index (κ2) is 5.53. The molecule has 0 amide bonds. The molecular formula is C12H19N3O4S. The molecule has 20 heavy (non-hydrogen) atoms. The van der Waals surface area contributed by atoms with Crippen LogP contribution in [0.2, 0.25) is 0 Å². The maximum absolute atomic E-state index is 12.6. The third kappa shape index (κ3) is 3.01. The second-order valence-electron chi connectivity index (χ2n) is 4.90. The Morgan fingerprint density at radius 3 is 2.65 bits per heavy atom. The third-order valence-corrected chi connectivity index (χ3v) is 5.19. The minimum Gasteiger partial charge on any atom is -0.481 e. The molecule has 0 aromatic carbocycles. The van der Waals surface area contributed by atoms with Crippen molar-refractivity contribution in [3.05, 3.63) is 12.0 Å². The van der Waals surface area contributed by atoms with Crippen molar-refractivity contribution >= 4 is 16.0 Å². The summed E-state index contributed by atoms with van der Waals surface area (Å²) < 4.78 is 28.2. The standard InChI is InChI=1S/C12H19N3O4S/c1-3-14-8-11(13-9(14)2)20(18,19)15(10-4-5-10)7-6-12(16)17/h8,10H,3-7H2,1-2H3,(H,16,17). The first-order chi connectivity index (χ1) is 9.36. The van der Waals surface area contributed by atoms with Crippen LogP contribution in [0.25, 0.3) is 0 Å². The van der Waals surface area contributed by atoms with E-state index in [1.807, 2.05) is 6.92 Å². The number of aliphatic carboxylic acids is 1. The highest BCUT2D eigenvalue weighted by Gasteiger charge is 2.39. The molecule has 0 radical (unpaired) electrons. The Morgan fingerprint density at radius 1 is 1.55 bits per heavy atom. The maximum Gasteiger partial charge on any atom is 0.304 e. The van der Waals surface area contributed by atoms with Crippen LogP contribution in [0.4, 0.5) is 0 Å². The second-order valence-corrected chi connectivity index (χ2v) is 6.74. The first kappa shape index (κ1) is 15.0. The third-order valence-electron chi connectivity index (χ3n) is 3.37. The number of nitrogens with zero attached hydrogens (tertiary/aromatic N) is 3. The first-order valence-electron chi connectivity index (χ1n) is 6.63. The van der Waals surface area contributed by atoms with Crippen LogP contribution in [0.5, 0.6) is 0 Å². The number of imidazole rings is 1. The fourth-order valence-electron chi connectivity index (χ4n) is 2.11. The van der Waals surface area contributed by atoms with Gasteiger partial charge in [-0.25, -0.2) is 13.4 Å². The van der Waals surface area contributed by atoms with Crippen LogP contribution in [0.3, 0.4) is 0 Å². The van der Waals surface area contributed by atoms with Gasteiger partial charge in [-0.05, 0) is 26.7 Å². The van der Waals surface area contributed by atoms with Crippen molar-refractivity contribution in [2.24, 2.45) is 0 Å². The van der Waals surface area contributed by atoms with Crippen molar-refractivity contribution in [1.29, 1.82) is 0 Å². The van der Waals surface area contributed by atoms with Crippen molar-refractivity contribution < 1.29 is 18.3 Å². The van der Waals surface area contributed by atoms with Gasteiger partial charge in [-0.15, -0.1) is 0 Å². The number of hydrogen-bond acceptors (Lipinski definition) is 4. The number of carboxylic acids is 1. The smallest absolute Gasteiger partial charge is 0.304 e. The molecule has 1 aromatic rings. The van der Waals surface area contributed by atoms with E-state index in [2.05, 4.69) is 4.98 Å². The van der Waals surface area contributed by atoms with Crippen LogP contribution in [-0.2, 0) is 21.4 Å². The van der Waals surface area contributed by atoms with E-state index in [-0.39, 0.29) is 24.0 Å². The first-order valence-corrected chi connectivity index (χ1v) is 8.07. The van der Waals surface area contributed by atoms with Gasteiger partial charge in [-0.1, -0.05) is 0 Å². The minimum absolute atomic E-state index is 0.000363. The summed E-state index contributed by atoms with van der Waals surface area (Å²) in [7, 11) is -3.71. The minimum atomic E-state index is -3.71. The lowest BCUT2D eigenvalue weighted by Crippen LogP contribution is -2.35. The summed E-state index contributed by atoms with van der Waals surface area (Å²) in [5, 5.41) is 8.75. The Morgan fingerprint density at radius 2 is 2.20 bits per heavy atom. The highest BCUT2D eigenvalue weighted by molar-refractivity contribution is 7.89. The summed E-state index contributed by atoms with van der Waals surface area (Å²) in [6.07, 6.45) is 2.89. The molecule has 1 aliphatic rings. The van der Waals surface area contributed by atoms with Crippen LogP contribution >= 0.6 is 0 Å². The molecule has 2 rings (SSSR count). The lowest BCUT2D eigenvalue weighted by Gasteiger charge is -2.19. The lowest BCUT2D eigenvalue weighted by atomic mass is 10.4. The zero-order chi connectivity index (χ0) is 14.9. The number of carbonyl (C=O) groups is 1. The average Bonchev–Trinajstić information content (AvgIpc) is 3.11. The molecule has 0 spiro atoms. The number of carboxylic acid groups (broad SMARTS) is 1. The van der Waals surface area contributed by atoms with Crippen LogP contribution < -0.4 is 0 Å². The van der Waals surface area contributed by atoms with Gasteiger partial charge in [-0.3, -0.25) is 4.79 Å². The largest absolute Gasteiger partial charge is 0.481 e. The Bertz CT molecular complexity index is 604. The van der Waals surface area contributed by atoms with Crippen molar-refractivity contribution in [2.45, 2.75) is 50.7 Å². The number of aryl methyl sites for hydroxylation is 2. The fourth-order valence-corrected chi connectivity index (χ4v) is 3.79. The SMILES string of the molecule is CCn1cc(S(=O)(=O)N(CCC(=O)O)C2CC2)nc1C. The van der Waals surface area contributed by atoms with Gasteiger partial charge in [0.1, 0.15) is 5.82 Å². The highest BCUT2D eigenvalue weighted by atomic mass is 32.2. The lowest BCUT2D eigenvalue weighted by molar-refractivity contribution is -0.137. The summed E-state index contributed by atoms with van der Waals surface area (Å²) in [4.78, 5) is 14.8. The molecule has 0 saturated heterocycles. The number of rotatable bonds is 7. The summed E-state index contributed by atoms with van der Waals surface area (Å²) in [5.41, 5.74) is 0. The predicted octanol–water partition coefficient (Wildman–Crippen LogP) is 0.839. The van der Waals surface area contributed by atoms with Gasteiger partial charge in [0.25, 0.3) is 10.0 Å². The molecule has 1 saturated carbocycles. The highest BCUT2D eigenvalue weighted by Crippen LogP contribution is 2.31. The van der Waals surface area contributed by atoms with Gasteiger partial charge in [0.2, 0.25) is 0 Å². The van der Waals surface area contributed by atoms with Crippen LogP contribution in [0.15, 0.2) is 11.2 Å². The van der Waals surface area contributed by atoms with E-state index in [9.17, 15) is 13.2 Å². The van der Waals surface area contributed by atoms with Crippen LogP contribution in [0.1, 0.15) is 32.0 Å². The molecule has 1 aromatic heterocycles. The molecule has 0 aliphatic heterocycles. The zero-order valence-corrected chi connectivity index (χ0v) is 12.4. The van der Waals surface area contributed by atoms with Crippen LogP contribution in [0, 0.1) is 6.92 Å². The molecule has 0 atom stereocenters. The Kier molecular flexibility index (Phi) is 4.14. The van der Waals surface area contributed by atoms with E-state index < -0.39 is 16.0 Å². The van der Waals surface area contributed by atoms with E-state index in [0.29, 0.717) is 12.4 Å². The van der Waals surface area contributed by atoms with Gasteiger partial charge < -0.3 is 9.67 Å². The Balaban J connectivity index is 2.27. The van der Waals surface area contributed by atoms with Gasteiger partial charge in [0, 0.05) is 25.3 Å². The molecule has 8 heteroatoms. The van der Waals surface area contributed by atoms with Gasteiger partial charge in [-0.2, -0.15) is 4.31 Å². The van der Waals surface area contributed by atoms with E-state index in [1.165, 1.54) is 10.5 Å². The molecular weight excluding hydrogens is 282 g/mol. The molecule has 1 heterocycles. The van der Waals surface area contributed by atoms with Crippen molar-refractivity contribution in [1.82, 2.24) is 13.9 Å². The molecule has 1 aliphatic carbocycles. The molecule has 1 fully saturated rings. The molecule has 112 valence electrons. The van der Waals surface area contributed by atoms with Crippen LogP contribution in [-0.4, -0.2) is 45.9 Å². The summed E-state index contributed by atoms with van der Waals surface area (Å²) >= 11 is 0. The topological polar surface area (TPSA) is 92.5 Å². The summed E-state index contributed by atoms with van der Waals surface area (Å²) in [6, 6.07) is -0.0774. The van der Waals surface area contributed by atoms with E-state index in [4.69, 9.17) is 5.11 Å². The van der Waals surface area contributed by atoms with Gasteiger partial charge in [0.15, 0.2) is 5.03 Å². The van der Waals surface area contributed by atoms with Crippen molar-refractivity contribution in [3.8, 4) is 0 Å². The van der Waals surface area contributed by atoms with E-state index in [1.54, 1.807) is 11.5 Å². The summed E-state index contributed by atoms with van der Waals surface area (Å²) in [5.74, 6) is -0.360. The Hall–Kier alpha value is -1.41. The fraction of sp³-hybridized carbons (Fsp3) is 0.667. The maximum atomic E-state index is 12.6. The quantitative estimate of drug-likeness (QED) is 0.805. The molecule has 1 N–H and O–H groups in total. The number of hydrogen-bond donors (Lipinski definition) is 1. The van der Waals surface area contributed by atoms with E-state index in [0.717, 1.165) is 12.8 Å². The monoisotopic (exact) mass is 301 g/mol. The normalized spacial score (nSPS) is 15.8. The molecule has 0 unspecified atom stereocenters. The number of sulfonamides is 1. The van der Waals surface area contributed by atoms with Gasteiger partial charge in [0.05, 0.1) is 6.42 Å². The number of aromatic nitrogens is 2. The zero-order valence-electron chi connectivity index (χ0n) is 11.6. The van der Waals surface area contributed by atoms with E-state index >= 15 is 0 Å².